The van der Waals surface area contributed by atoms with Crippen molar-refractivity contribution in [3.05, 3.63) is 68.5 Å². The highest BCUT2D eigenvalue weighted by Gasteiger charge is 2.24. The number of thioether (sulfide) groups is 1. The van der Waals surface area contributed by atoms with Gasteiger partial charge in [-0.25, -0.2) is 4.99 Å². The Morgan fingerprint density at radius 2 is 1.78 bits per heavy atom. The Hall–Kier alpha value is -1.75. The molecule has 3 rings (SSSR count). The van der Waals surface area contributed by atoms with Crippen molar-refractivity contribution in [2.24, 2.45) is 4.99 Å². The summed E-state index contributed by atoms with van der Waals surface area (Å²) < 4.78 is 0. The topological polar surface area (TPSA) is 41.5 Å². The number of hydrogen-bond donors (Lipinski definition) is 1. The van der Waals surface area contributed by atoms with Gasteiger partial charge in [0.1, 0.15) is 0 Å². The van der Waals surface area contributed by atoms with Gasteiger partial charge >= 0.3 is 0 Å². The fourth-order valence-electron chi connectivity index (χ4n) is 2.06. The molecule has 0 aliphatic carbocycles. The van der Waals surface area contributed by atoms with Crippen molar-refractivity contribution in [2.75, 3.05) is 0 Å². The molecule has 1 N–H and O–H groups in total. The first-order valence-corrected chi connectivity index (χ1v) is 8.41. The van der Waals surface area contributed by atoms with E-state index in [2.05, 4.69) is 10.3 Å². The lowest BCUT2D eigenvalue weighted by atomic mass is 10.2. The molecule has 1 heterocycles. The summed E-state index contributed by atoms with van der Waals surface area (Å²) in [4.78, 5) is 17.1. The number of halogens is 2. The van der Waals surface area contributed by atoms with Gasteiger partial charge in [0.2, 0.25) is 0 Å². The fraction of sp³-hybridized carbons (Fsp3) is 0.0588. The minimum Gasteiger partial charge on any atom is -0.300 e. The van der Waals surface area contributed by atoms with Gasteiger partial charge in [-0.3, -0.25) is 4.79 Å². The van der Waals surface area contributed by atoms with E-state index >= 15 is 0 Å². The summed E-state index contributed by atoms with van der Waals surface area (Å²) in [5.41, 5.74) is 2.50. The Labute approximate surface area is 148 Å². The maximum absolute atomic E-state index is 12.1. The maximum Gasteiger partial charge on any atom is 0.264 e. The first-order chi connectivity index (χ1) is 11.0. The van der Waals surface area contributed by atoms with E-state index in [1.165, 1.54) is 11.8 Å². The van der Waals surface area contributed by atoms with E-state index in [9.17, 15) is 4.79 Å². The number of nitrogens with one attached hydrogen (secondary N) is 1. The van der Waals surface area contributed by atoms with Gasteiger partial charge < -0.3 is 5.32 Å². The Morgan fingerprint density at radius 1 is 1.09 bits per heavy atom. The lowest BCUT2D eigenvalue weighted by molar-refractivity contribution is -0.115. The molecule has 0 saturated carbocycles. The zero-order valence-corrected chi connectivity index (χ0v) is 14.5. The number of amidine groups is 1. The third-order valence-electron chi connectivity index (χ3n) is 3.26. The lowest BCUT2D eigenvalue weighted by Gasteiger charge is -2.01. The zero-order chi connectivity index (χ0) is 16.4. The van der Waals surface area contributed by atoms with Crippen molar-refractivity contribution in [2.45, 2.75) is 6.92 Å². The molecule has 0 spiro atoms. The van der Waals surface area contributed by atoms with Crippen LogP contribution in [0.3, 0.4) is 0 Å². The van der Waals surface area contributed by atoms with Gasteiger partial charge in [0.15, 0.2) is 5.17 Å². The highest BCUT2D eigenvalue weighted by Crippen LogP contribution is 2.33. The Balaban J connectivity index is 1.91. The highest BCUT2D eigenvalue weighted by molar-refractivity contribution is 8.18. The summed E-state index contributed by atoms with van der Waals surface area (Å²) in [5.74, 6) is -0.210. The van der Waals surface area contributed by atoms with Crippen molar-refractivity contribution in [3.8, 4) is 0 Å². The van der Waals surface area contributed by atoms with Crippen molar-refractivity contribution in [1.82, 2.24) is 5.32 Å². The van der Waals surface area contributed by atoms with Crippen LogP contribution in [0.5, 0.6) is 0 Å². The molecule has 116 valence electrons. The lowest BCUT2D eigenvalue weighted by Crippen LogP contribution is -2.19. The van der Waals surface area contributed by atoms with Crippen molar-refractivity contribution in [3.63, 3.8) is 0 Å². The molecular weight excluding hydrogens is 351 g/mol. The molecule has 1 aliphatic heterocycles. The standard InChI is InChI=1S/C17H12Cl2N2OS/c1-10-5-2-3-8-14(10)20-17-21-16(22)15(23-17)9-11-12(18)6-4-7-13(11)19/h2-9H,1H3,(H,20,21,22)/b15-9+. The van der Waals surface area contributed by atoms with Crippen LogP contribution in [0.25, 0.3) is 6.08 Å². The van der Waals surface area contributed by atoms with Crippen LogP contribution in [-0.4, -0.2) is 11.1 Å². The molecule has 3 nitrogen and oxygen atoms in total. The summed E-state index contributed by atoms with van der Waals surface area (Å²) in [6, 6.07) is 13.0. The van der Waals surface area contributed by atoms with Crippen LogP contribution in [0.4, 0.5) is 5.69 Å². The van der Waals surface area contributed by atoms with E-state index in [0.29, 0.717) is 25.7 Å². The van der Waals surface area contributed by atoms with E-state index in [1.807, 2.05) is 31.2 Å². The van der Waals surface area contributed by atoms with E-state index in [-0.39, 0.29) is 5.91 Å². The largest absolute Gasteiger partial charge is 0.300 e. The van der Waals surface area contributed by atoms with Crippen LogP contribution in [0.2, 0.25) is 10.0 Å². The van der Waals surface area contributed by atoms with Gasteiger partial charge in [-0.2, -0.15) is 0 Å². The Morgan fingerprint density at radius 3 is 2.48 bits per heavy atom. The minimum absolute atomic E-state index is 0.210. The Kier molecular flexibility index (Phi) is 4.76. The number of benzene rings is 2. The second-order valence-corrected chi connectivity index (χ2v) is 6.75. The normalized spacial score (nSPS) is 17.8. The fourth-order valence-corrected chi connectivity index (χ4v) is 3.38. The third kappa shape index (κ3) is 3.61. The quantitative estimate of drug-likeness (QED) is 0.746. The van der Waals surface area contributed by atoms with Gasteiger partial charge in [-0.15, -0.1) is 0 Å². The number of rotatable bonds is 2. The second-order valence-electron chi connectivity index (χ2n) is 4.90. The summed E-state index contributed by atoms with van der Waals surface area (Å²) in [6.07, 6.45) is 1.69. The molecule has 6 heteroatoms. The first-order valence-electron chi connectivity index (χ1n) is 6.84. The first kappa shape index (κ1) is 16.1. The van der Waals surface area contributed by atoms with Crippen LogP contribution in [0, 0.1) is 6.92 Å². The summed E-state index contributed by atoms with van der Waals surface area (Å²) in [7, 11) is 0. The zero-order valence-electron chi connectivity index (χ0n) is 12.1. The predicted molar refractivity (Wildman–Crippen MR) is 98.4 cm³/mol. The number of hydrogen-bond acceptors (Lipinski definition) is 3. The molecule has 0 radical (unpaired) electrons. The maximum atomic E-state index is 12.1. The average molecular weight is 363 g/mol. The molecule has 0 unspecified atom stereocenters. The SMILES string of the molecule is Cc1ccccc1N=C1NC(=O)/C(=C\c2c(Cl)cccc2Cl)S1. The number of carbonyl (C=O) groups excluding carboxylic acids is 1. The number of carbonyl (C=O) groups is 1. The van der Waals surface area contributed by atoms with E-state index in [1.54, 1.807) is 24.3 Å². The molecule has 0 aromatic heterocycles. The molecule has 1 saturated heterocycles. The van der Waals surface area contributed by atoms with E-state index in [0.717, 1.165) is 11.3 Å². The molecule has 0 atom stereocenters. The molecule has 1 aliphatic rings. The number of nitrogens with zero attached hydrogens (tertiary/aromatic N) is 1. The van der Waals surface area contributed by atoms with Crippen LogP contribution in [0.1, 0.15) is 11.1 Å². The Bertz CT molecular complexity index is 826. The molecule has 23 heavy (non-hydrogen) atoms. The van der Waals surface area contributed by atoms with Crippen LogP contribution in [-0.2, 0) is 4.79 Å². The van der Waals surface area contributed by atoms with Gasteiger partial charge in [0.25, 0.3) is 5.91 Å². The third-order valence-corrected chi connectivity index (χ3v) is 4.83. The second kappa shape index (κ2) is 6.79. The monoisotopic (exact) mass is 362 g/mol. The van der Waals surface area contributed by atoms with Crippen molar-refractivity contribution >= 4 is 57.8 Å². The number of amides is 1. The van der Waals surface area contributed by atoms with Crippen molar-refractivity contribution < 1.29 is 4.79 Å². The van der Waals surface area contributed by atoms with E-state index < -0.39 is 0 Å². The molecular formula is C17H12Cl2N2OS. The predicted octanol–water partition coefficient (Wildman–Crippen LogP) is 5.19. The van der Waals surface area contributed by atoms with Gasteiger partial charge in [-0.05, 0) is 48.5 Å². The molecule has 1 amide bonds. The van der Waals surface area contributed by atoms with Crippen molar-refractivity contribution in [1.29, 1.82) is 0 Å². The minimum atomic E-state index is -0.210. The number of para-hydroxylation sites is 1. The average Bonchev–Trinajstić information content (AvgIpc) is 2.85. The van der Waals surface area contributed by atoms with Gasteiger partial charge in [-0.1, -0.05) is 47.5 Å². The van der Waals surface area contributed by atoms with E-state index in [4.69, 9.17) is 23.2 Å². The molecule has 2 aromatic rings. The van der Waals surface area contributed by atoms with Crippen LogP contribution in [0.15, 0.2) is 52.4 Å². The smallest absolute Gasteiger partial charge is 0.264 e. The van der Waals surface area contributed by atoms with Gasteiger partial charge in [0, 0.05) is 15.6 Å². The molecule has 1 fully saturated rings. The summed E-state index contributed by atoms with van der Waals surface area (Å²) in [6.45, 7) is 1.97. The number of aliphatic imine (C=N–C) groups is 1. The molecule has 0 bridgehead atoms. The summed E-state index contributed by atoms with van der Waals surface area (Å²) in [5, 5.41) is 4.30. The number of aryl methyl sites for hydroxylation is 1. The van der Waals surface area contributed by atoms with Crippen LogP contribution >= 0.6 is 35.0 Å². The molecule has 2 aromatic carbocycles. The van der Waals surface area contributed by atoms with Crippen LogP contribution < -0.4 is 5.32 Å². The highest BCUT2D eigenvalue weighted by atomic mass is 35.5. The summed E-state index contributed by atoms with van der Waals surface area (Å²) >= 11 is 13.6. The van der Waals surface area contributed by atoms with Gasteiger partial charge in [0.05, 0.1) is 10.6 Å².